The molecule has 47 heavy (non-hydrogen) atoms. The van der Waals surface area contributed by atoms with Crippen molar-refractivity contribution in [1.29, 1.82) is 0 Å². The van der Waals surface area contributed by atoms with Crippen LogP contribution in [-0.2, 0) is 19.8 Å². The highest BCUT2D eigenvalue weighted by atomic mass is 16.5. The van der Waals surface area contributed by atoms with Crippen molar-refractivity contribution in [1.82, 2.24) is 0 Å². The highest BCUT2D eigenvalue weighted by molar-refractivity contribution is 5.88. The Hall–Kier alpha value is -5.69. The molecule has 0 bridgehead atoms. The summed E-state index contributed by atoms with van der Waals surface area (Å²) < 4.78 is 30.9. The first-order chi connectivity index (χ1) is 22.9. The van der Waals surface area contributed by atoms with Crippen molar-refractivity contribution < 1.29 is 28.5 Å². The van der Waals surface area contributed by atoms with Crippen LogP contribution in [0.25, 0.3) is 22.3 Å². The van der Waals surface area contributed by atoms with Gasteiger partial charge in [0, 0.05) is 17.7 Å². The molecule has 6 rings (SSSR count). The predicted molar refractivity (Wildman–Crippen MR) is 182 cm³/mol. The first-order valence-corrected chi connectivity index (χ1v) is 15.6. The molecule has 0 spiro atoms. The maximum absolute atomic E-state index is 13.9. The van der Waals surface area contributed by atoms with Crippen molar-refractivity contribution in [3.05, 3.63) is 148 Å². The van der Waals surface area contributed by atoms with Crippen molar-refractivity contribution in [3.63, 3.8) is 0 Å². The number of benzene rings is 5. The van der Waals surface area contributed by atoms with Crippen molar-refractivity contribution in [2.45, 2.75) is 33.7 Å². The molecule has 0 saturated carbocycles. The Bertz CT molecular complexity index is 1990. The van der Waals surface area contributed by atoms with Crippen LogP contribution in [0.1, 0.15) is 30.5 Å². The van der Waals surface area contributed by atoms with Gasteiger partial charge in [0.25, 0.3) is 0 Å². The van der Waals surface area contributed by atoms with Crippen LogP contribution in [0.3, 0.4) is 0 Å². The molecular weight excluding hydrogens is 592 g/mol. The van der Waals surface area contributed by atoms with Crippen molar-refractivity contribution in [3.8, 4) is 40.1 Å². The molecule has 0 radical (unpaired) electrons. The molecule has 238 valence electrons. The molecule has 0 unspecified atom stereocenters. The van der Waals surface area contributed by atoms with E-state index in [-0.39, 0.29) is 47.4 Å². The average Bonchev–Trinajstić information content (AvgIpc) is 3.09. The lowest BCUT2D eigenvalue weighted by Crippen LogP contribution is -2.14. The normalized spacial score (nSPS) is 11.0. The zero-order valence-electron chi connectivity index (χ0n) is 26.3. The van der Waals surface area contributed by atoms with E-state index in [1.165, 1.54) is 6.07 Å². The van der Waals surface area contributed by atoms with Gasteiger partial charge in [-0.25, -0.2) is 0 Å². The summed E-state index contributed by atoms with van der Waals surface area (Å²) in [4.78, 5) is 13.9. The first kappa shape index (κ1) is 31.3. The lowest BCUT2D eigenvalue weighted by molar-refractivity contribution is 0.255. The summed E-state index contributed by atoms with van der Waals surface area (Å²) in [5, 5.41) is 11.0. The summed E-state index contributed by atoms with van der Waals surface area (Å²) in [6.45, 7) is 5.19. The van der Waals surface area contributed by atoms with Crippen molar-refractivity contribution in [2.24, 2.45) is 5.92 Å². The van der Waals surface area contributed by atoms with Crippen LogP contribution in [0, 0.1) is 5.92 Å². The SMILES string of the molecule is CC(C)COc1c(-c2ccc(OCc3ccccc3)c(OCc3ccccc3)c2)oc2cc(OCc3ccccc3)cc(O)c2c1=O. The molecule has 0 aliphatic heterocycles. The zero-order chi connectivity index (χ0) is 32.6. The fraction of sp³-hybridized carbons (Fsp3) is 0.175. The third-order valence-electron chi connectivity index (χ3n) is 7.40. The second-order valence-electron chi connectivity index (χ2n) is 11.6. The Balaban J connectivity index is 1.41. The van der Waals surface area contributed by atoms with Gasteiger partial charge in [0.15, 0.2) is 17.3 Å². The highest BCUT2D eigenvalue weighted by Crippen LogP contribution is 2.40. The summed E-state index contributed by atoms with van der Waals surface area (Å²) in [7, 11) is 0. The second kappa shape index (κ2) is 14.6. The Morgan fingerprint density at radius 3 is 1.77 bits per heavy atom. The summed E-state index contributed by atoms with van der Waals surface area (Å²) in [6, 6.07) is 37.8. The summed E-state index contributed by atoms with van der Waals surface area (Å²) in [6.07, 6.45) is 0. The van der Waals surface area contributed by atoms with Crippen LogP contribution >= 0.6 is 0 Å². The van der Waals surface area contributed by atoms with Crippen molar-refractivity contribution in [2.75, 3.05) is 6.61 Å². The predicted octanol–water partition coefficient (Wildman–Crippen LogP) is 8.94. The zero-order valence-corrected chi connectivity index (χ0v) is 26.3. The topological polar surface area (TPSA) is 87.4 Å². The third kappa shape index (κ3) is 7.76. The van der Waals surface area contributed by atoms with E-state index in [2.05, 4.69) is 0 Å². The second-order valence-corrected chi connectivity index (χ2v) is 11.6. The molecule has 0 atom stereocenters. The lowest BCUT2D eigenvalue weighted by Gasteiger charge is -2.17. The van der Waals surface area contributed by atoms with E-state index in [9.17, 15) is 9.90 Å². The quantitative estimate of drug-likeness (QED) is 0.137. The van der Waals surface area contributed by atoms with Gasteiger partial charge in [0.05, 0.1) is 6.61 Å². The molecule has 1 heterocycles. The van der Waals surface area contributed by atoms with E-state index >= 15 is 0 Å². The Kier molecular flexibility index (Phi) is 9.73. The van der Waals surface area contributed by atoms with Gasteiger partial charge < -0.3 is 28.5 Å². The average molecular weight is 629 g/mol. The van der Waals surface area contributed by atoms with Gasteiger partial charge in [-0.05, 0) is 40.8 Å². The summed E-state index contributed by atoms with van der Waals surface area (Å²) in [5.41, 5.74) is 3.20. The number of phenolic OH excluding ortho intramolecular Hbond substituents is 1. The number of rotatable bonds is 13. The van der Waals surface area contributed by atoms with Gasteiger partial charge in [-0.15, -0.1) is 0 Å². The molecule has 0 aliphatic carbocycles. The largest absolute Gasteiger partial charge is 0.507 e. The molecule has 7 nitrogen and oxygen atoms in total. The summed E-state index contributed by atoms with van der Waals surface area (Å²) in [5.74, 6) is 1.47. The Morgan fingerprint density at radius 2 is 1.19 bits per heavy atom. The number of ether oxygens (including phenoxy) is 4. The fourth-order valence-electron chi connectivity index (χ4n) is 5.01. The van der Waals surface area contributed by atoms with E-state index < -0.39 is 5.43 Å². The smallest absolute Gasteiger partial charge is 0.239 e. The van der Waals surface area contributed by atoms with Crippen molar-refractivity contribution >= 4 is 11.0 Å². The molecule has 0 amide bonds. The third-order valence-corrected chi connectivity index (χ3v) is 7.40. The minimum Gasteiger partial charge on any atom is -0.507 e. The standard InChI is InChI=1S/C40H36O7/c1-27(2)23-46-40-38(42)37-33(41)21-32(43-24-28-12-6-3-7-13-28)22-36(37)47-39(40)31-18-19-34(44-25-29-14-8-4-9-15-29)35(20-31)45-26-30-16-10-5-11-17-30/h3-22,27,41H,23-26H2,1-2H3. The van der Waals surface area contributed by atoms with Gasteiger partial charge in [-0.1, -0.05) is 105 Å². The molecule has 0 fully saturated rings. The molecule has 0 saturated heterocycles. The van der Waals surface area contributed by atoms with Gasteiger partial charge in [-0.2, -0.15) is 0 Å². The number of aromatic hydroxyl groups is 1. The molecular formula is C40H36O7. The van der Waals surface area contributed by atoms with Gasteiger partial charge in [-0.3, -0.25) is 4.79 Å². The van der Waals surface area contributed by atoms with E-state index in [1.54, 1.807) is 24.3 Å². The minimum absolute atomic E-state index is 0.00594. The van der Waals surface area contributed by atoms with Crippen LogP contribution in [0.15, 0.2) is 131 Å². The lowest BCUT2D eigenvalue weighted by atomic mass is 10.1. The van der Waals surface area contributed by atoms with E-state index in [0.29, 0.717) is 36.0 Å². The van der Waals surface area contributed by atoms with E-state index in [1.807, 2.05) is 105 Å². The van der Waals surface area contributed by atoms with E-state index in [0.717, 1.165) is 16.7 Å². The van der Waals surface area contributed by atoms with Gasteiger partial charge in [0.1, 0.15) is 42.3 Å². The molecule has 5 aromatic carbocycles. The molecule has 0 aliphatic rings. The monoisotopic (exact) mass is 628 g/mol. The molecule has 1 N–H and O–H groups in total. The van der Waals surface area contributed by atoms with Gasteiger partial charge >= 0.3 is 0 Å². The molecule has 7 heteroatoms. The highest BCUT2D eigenvalue weighted by Gasteiger charge is 2.23. The fourth-order valence-corrected chi connectivity index (χ4v) is 5.01. The minimum atomic E-state index is -0.481. The Morgan fingerprint density at radius 1 is 0.638 bits per heavy atom. The molecule has 6 aromatic rings. The van der Waals surface area contributed by atoms with Crippen LogP contribution in [0.2, 0.25) is 0 Å². The van der Waals surface area contributed by atoms with Crippen LogP contribution < -0.4 is 24.4 Å². The van der Waals surface area contributed by atoms with Crippen LogP contribution in [0.5, 0.6) is 28.7 Å². The van der Waals surface area contributed by atoms with Crippen LogP contribution in [0.4, 0.5) is 0 Å². The number of hydrogen-bond donors (Lipinski definition) is 1. The Labute approximate surface area is 273 Å². The summed E-state index contributed by atoms with van der Waals surface area (Å²) >= 11 is 0. The van der Waals surface area contributed by atoms with E-state index in [4.69, 9.17) is 23.4 Å². The molecule has 1 aromatic heterocycles. The van der Waals surface area contributed by atoms with Crippen LogP contribution in [-0.4, -0.2) is 11.7 Å². The number of phenols is 1. The number of fused-ring (bicyclic) bond motifs is 1. The maximum Gasteiger partial charge on any atom is 0.239 e. The number of hydrogen-bond acceptors (Lipinski definition) is 7. The maximum atomic E-state index is 13.9. The van der Waals surface area contributed by atoms with Gasteiger partial charge in [0.2, 0.25) is 11.2 Å². The first-order valence-electron chi connectivity index (χ1n) is 15.6.